The molecule has 0 aliphatic heterocycles. The van der Waals surface area contributed by atoms with E-state index in [-0.39, 0.29) is 10.8 Å². The lowest BCUT2D eigenvalue weighted by molar-refractivity contribution is 0.551. The maximum Gasteiger partial charge on any atom is 0.142 e. The van der Waals surface area contributed by atoms with Crippen molar-refractivity contribution >= 4 is 27.5 Å². The van der Waals surface area contributed by atoms with E-state index in [4.69, 9.17) is 11.6 Å². The zero-order chi connectivity index (χ0) is 14.7. The van der Waals surface area contributed by atoms with Crippen molar-refractivity contribution < 1.29 is 8.78 Å². The second kappa shape index (κ2) is 6.66. The van der Waals surface area contributed by atoms with Crippen molar-refractivity contribution in [3.63, 3.8) is 0 Å². The van der Waals surface area contributed by atoms with Gasteiger partial charge in [0, 0.05) is 5.56 Å². The standard InChI is InChI=1S/C15H13BrClF2N/c1-2-20-15(9-6-7-12(17)13(18)8-9)10-4-3-5-11(16)14(10)19/h3-8,15,20H,2H2,1H3. The van der Waals surface area contributed by atoms with Gasteiger partial charge in [0.05, 0.1) is 15.5 Å². The molecule has 2 rings (SSSR count). The van der Waals surface area contributed by atoms with Gasteiger partial charge in [-0.25, -0.2) is 8.78 Å². The first-order chi connectivity index (χ1) is 9.54. The highest BCUT2D eigenvalue weighted by Crippen LogP contribution is 2.29. The Labute approximate surface area is 130 Å². The average Bonchev–Trinajstić information content (AvgIpc) is 2.43. The molecule has 2 aromatic carbocycles. The SMILES string of the molecule is CCNC(c1ccc(Cl)c(F)c1)c1cccc(Br)c1F. The van der Waals surface area contributed by atoms with Gasteiger partial charge >= 0.3 is 0 Å². The third-order valence-electron chi connectivity index (χ3n) is 2.98. The molecule has 0 aliphatic carbocycles. The molecular formula is C15H13BrClF2N. The van der Waals surface area contributed by atoms with Crippen LogP contribution in [0.2, 0.25) is 5.02 Å². The summed E-state index contributed by atoms with van der Waals surface area (Å²) in [5.41, 5.74) is 1.09. The molecule has 1 nitrogen and oxygen atoms in total. The van der Waals surface area contributed by atoms with Gasteiger partial charge < -0.3 is 5.32 Å². The van der Waals surface area contributed by atoms with Gasteiger partial charge in [-0.1, -0.05) is 36.7 Å². The van der Waals surface area contributed by atoms with Crippen molar-refractivity contribution in [2.75, 3.05) is 6.54 Å². The van der Waals surface area contributed by atoms with Crippen LogP contribution < -0.4 is 5.32 Å². The van der Waals surface area contributed by atoms with Crippen molar-refractivity contribution in [2.45, 2.75) is 13.0 Å². The normalized spacial score (nSPS) is 12.4. The first-order valence-corrected chi connectivity index (χ1v) is 7.34. The minimum Gasteiger partial charge on any atom is -0.306 e. The molecule has 1 unspecified atom stereocenters. The number of hydrogen-bond acceptors (Lipinski definition) is 1. The van der Waals surface area contributed by atoms with Gasteiger partial charge in [-0.05, 0) is 46.2 Å². The smallest absolute Gasteiger partial charge is 0.142 e. The van der Waals surface area contributed by atoms with Gasteiger partial charge in [0.25, 0.3) is 0 Å². The molecule has 0 bridgehead atoms. The summed E-state index contributed by atoms with van der Waals surface area (Å²) in [6.45, 7) is 2.54. The number of halogens is 4. The summed E-state index contributed by atoms with van der Waals surface area (Å²) in [7, 11) is 0. The zero-order valence-corrected chi connectivity index (χ0v) is 13.1. The van der Waals surface area contributed by atoms with Crippen LogP contribution in [0.1, 0.15) is 24.1 Å². The van der Waals surface area contributed by atoms with E-state index in [1.807, 2.05) is 6.92 Å². The van der Waals surface area contributed by atoms with Crippen LogP contribution in [0.3, 0.4) is 0 Å². The first-order valence-electron chi connectivity index (χ1n) is 6.16. The first kappa shape index (κ1) is 15.4. The monoisotopic (exact) mass is 359 g/mol. The van der Waals surface area contributed by atoms with E-state index in [9.17, 15) is 8.78 Å². The van der Waals surface area contributed by atoms with Crippen LogP contribution in [0.5, 0.6) is 0 Å². The Morgan fingerprint density at radius 2 is 2.00 bits per heavy atom. The zero-order valence-electron chi connectivity index (χ0n) is 10.8. The van der Waals surface area contributed by atoms with Crippen LogP contribution >= 0.6 is 27.5 Å². The molecule has 1 atom stereocenters. The number of rotatable bonds is 4. The summed E-state index contributed by atoms with van der Waals surface area (Å²) in [5, 5.41) is 3.21. The van der Waals surface area contributed by atoms with E-state index in [0.29, 0.717) is 22.1 Å². The predicted octanol–water partition coefficient (Wildman–Crippen LogP) is 5.08. The van der Waals surface area contributed by atoms with Crippen LogP contribution in [0.25, 0.3) is 0 Å². The van der Waals surface area contributed by atoms with E-state index >= 15 is 0 Å². The highest BCUT2D eigenvalue weighted by Gasteiger charge is 2.19. The highest BCUT2D eigenvalue weighted by atomic mass is 79.9. The second-order valence-electron chi connectivity index (χ2n) is 4.31. The topological polar surface area (TPSA) is 12.0 Å². The Morgan fingerprint density at radius 1 is 1.25 bits per heavy atom. The van der Waals surface area contributed by atoms with E-state index < -0.39 is 11.9 Å². The lowest BCUT2D eigenvalue weighted by atomic mass is 9.98. The van der Waals surface area contributed by atoms with Crippen LogP contribution in [0.4, 0.5) is 8.78 Å². The minimum absolute atomic E-state index is 0.0544. The third-order valence-corrected chi connectivity index (χ3v) is 3.90. The predicted molar refractivity (Wildman–Crippen MR) is 81.0 cm³/mol. The Morgan fingerprint density at radius 3 is 2.65 bits per heavy atom. The molecule has 0 fully saturated rings. The molecule has 1 N–H and O–H groups in total. The molecule has 5 heteroatoms. The van der Waals surface area contributed by atoms with Crippen LogP contribution in [0.15, 0.2) is 40.9 Å². The van der Waals surface area contributed by atoms with Crippen LogP contribution in [0, 0.1) is 11.6 Å². The van der Waals surface area contributed by atoms with Gasteiger partial charge in [-0.15, -0.1) is 0 Å². The molecule has 0 saturated carbocycles. The lowest BCUT2D eigenvalue weighted by Gasteiger charge is -2.20. The molecule has 0 spiro atoms. The van der Waals surface area contributed by atoms with Crippen LogP contribution in [-0.4, -0.2) is 6.54 Å². The van der Waals surface area contributed by atoms with Crippen molar-refractivity contribution in [1.29, 1.82) is 0 Å². The molecular weight excluding hydrogens is 348 g/mol. The van der Waals surface area contributed by atoms with E-state index in [1.54, 1.807) is 24.3 Å². The highest BCUT2D eigenvalue weighted by molar-refractivity contribution is 9.10. The molecule has 0 amide bonds. The number of hydrogen-bond donors (Lipinski definition) is 1. The summed E-state index contributed by atoms with van der Waals surface area (Å²) in [4.78, 5) is 0. The third kappa shape index (κ3) is 3.19. The van der Waals surface area contributed by atoms with Gasteiger partial charge in [-0.3, -0.25) is 0 Å². The van der Waals surface area contributed by atoms with Gasteiger partial charge in [0.1, 0.15) is 11.6 Å². The lowest BCUT2D eigenvalue weighted by Crippen LogP contribution is -2.23. The number of benzene rings is 2. The maximum absolute atomic E-state index is 14.2. The summed E-state index contributed by atoms with van der Waals surface area (Å²) in [5.74, 6) is -0.865. The summed E-state index contributed by atoms with van der Waals surface area (Å²) in [6, 6.07) is 9.13. The fraction of sp³-hybridized carbons (Fsp3) is 0.200. The van der Waals surface area contributed by atoms with E-state index in [1.165, 1.54) is 12.1 Å². The van der Waals surface area contributed by atoms with Gasteiger partial charge in [-0.2, -0.15) is 0 Å². The summed E-state index contributed by atoms with van der Waals surface area (Å²) in [6.07, 6.45) is 0. The van der Waals surface area contributed by atoms with Crippen molar-refractivity contribution in [1.82, 2.24) is 5.32 Å². The molecule has 0 aliphatic rings. The molecule has 0 heterocycles. The maximum atomic E-state index is 14.2. The fourth-order valence-corrected chi connectivity index (χ4v) is 2.55. The quantitative estimate of drug-likeness (QED) is 0.802. The van der Waals surface area contributed by atoms with E-state index in [2.05, 4.69) is 21.2 Å². The van der Waals surface area contributed by atoms with Crippen molar-refractivity contribution in [3.8, 4) is 0 Å². The molecule has 0 radical (unpaired) electrons. The van der Waals surface area contributed by atoms with Crippen LogP contribution in [-0.2, 0) is 0 Å². The van der Waals surface area contributed by atoms with Gasteiger partial charge in [0.2, 0.25) is 0 Å². The summed E-state index contributed by atoms with van der Waals surface area (Å²) >= 11 is 8.85. The fourth-order valence-electron chi connectivity index (χ4n) is 2.05. The minimum atomic E-state index is -0.512. The number of nitrogens with one attached hydrogen (secondary N) is 1. The Kier molecular flexibility index (Phi) is 5.13. The van der Waals surface area contributed by atoms with E-state index in [0.717, 1.165) is 0 Å². The molecule has 20 heavy (non-hydrogen) atoms. The van der Waals surface area contributed by atoms with Crippen molar-refractivity contribution in [3.05, 3.63) is 68.7 Å². The molecule has 2 aromatic rings. The van der Waals surface area contributed by atoms with Gasteiger partial charge in [0.15, 0.2) is 0 Å². The largest absolute Gasteiger partial charge is 0.306 e. The van der Waals surface area contributed by atoms with Crippen molar-refractivity contribution in [2.24, 2.45) is 0 Å². The molecule has 0 aromatic heterocycles. The Bertz CT molecular complexity index is 619. The average molecular weight is 361 g/mol. The Balaban J connectivity index is 2.50. The second-order valence-corrected chi connectivity index (χ2v) is 5.57. The Hall–Kier alpha value is -0.970. The molecule has 106 valence electrons. The summed E-state index contributed by atoms with van der Waals surface area (Å²) < 4.78 is 28.2. The molecule has 0 saturated heterocycles.